The molecule has 0 aromatic carbocycles. The molecule has 0 radical (unpaired) electrons. The van der Waals surface area contributed by atoms with Crippen LogP contribution in [0.3, 0.4) is 0 Å². The topological polar surface area (TPSA) is 77.3 Å². The molecule has 114 valence electrons. The summed E-state index contributed by atoms with van der Waals surface area (Å²) in [7, 11) is 3.05. The van der Waals surface area contributed by atoms with Crippen molar-refractivity contribution in [3.05, 3.63) is 32.5 Å². The lowest BCUT2D eigenvalue weighted by molar-refractivity contribution is -0.386. The summed E-state index contributed by atoms with van der Waals surface area (Å²) in [4.78, 5) is 14.2. The third-order valence-electron chi connectivity index (χ3n) is 1.80. The zero-order chi connectivity index (χ0) is 16.1. The van der Waals surface area contributed by atoms with Crippen LogP contribution < -0.4 is 10.1 Å². The quantitative estimate of drug-likeness (QED) is 0.657. The highest BCUT2D eigenvalue weighted by atomic mass is 79.9. The fourth-order valence-corrected chi connectivity index (χ4v) is 1.55. The maximum absolute atomic E-state index is 10.9. The fraction of sp³-hybridized carbons (Fsp3) is 0.462. The minimum atomic E-state index is -0.522. The Morgan fingerprint density at radius 2 is 1.95 bits per heavy atom. The lowest BCUT2D eigenvalue weighted by atomic mass is 10.2. The number of rotatable bonds is 4. The molecule has 1 rings (SSSR count). The summed E-state index contributed by atoms with van der Waals surface area (Å²) in [6, 6.07) is 0. The highest BCUT2D eigenvalue weighted by Gasteiger charge is 2.23. The number of nitro groups is 1. The van der Waals surface area contributed by atoms with Gasteiger partial charge in [0.25, 0.3) is 5.88 Å². The van der Waals surface area contributed by atoms with Crippen LogP contribution in [0.1, 0.15) is 33.3 Å². The Hall–Kier alpha value is -1.63. The van der Waals surface area contributed by atoms with Gasteiger partial charge in [-0.1, -0.05) is 27.7 Å². The van der Waals surface area contributed by atoms with Gasteiger partial charge >= 0.3 is 5.69 Å². The van der Waals surface area contributed by atoms with Gasteiger partial charge in [-0.15, -0.1) is 0 Å². The summed E-state index contributed by atoms with van der Waals surface area (Å²) in [5, 5.41) is 13.7. The van der Waals surface area contributed by atoms with Crippen LogP contribution in [-0.2, 0) is 0 Å². The molecule has 0 saturated heterocycles. The van der Waals surface area contributed by atoms with Gasteiger partial charge in [0.15, 0.2) is 0 Å². The van der Waals surface area contributed by atoms with Crippen LogP contribution in [0.15, 0.2) is 16.9 Å². The monoisotopic (exact) mass is 347 g/mol. The smallest absolute Gasteiger partial charge is 0.339 e. The van der Waals surface area contributed by atoms with Crippen LogP contribution in [0.5, 0.6) is 5.88 Å². The molecule has 0 bridgehead atoms. The lowest BCUT2D eigenvalue weighted by Crippen LogP contribution is -2.00. The van der Waals surface area contributed by atoms with Gasteiger partial charge in [-0.3, -0.25) is 10.1 Å². The molecule has 0 aliphatic rings. The normalized spacial score (nSPS) is 8.95. The van der Waals surface area contributed by atoms with E-state index in [4.69, 9.17) is 4.74 Å². The third-order valence-corrected chi connectivity index (χ3v) is 2.43. The van der Waals surface area contributed by atoms with E-state index in [1.165, 1.54) is 13.3 Å². The first kappa shape index (κ1) is 20.7. The van der Waals surface area contributed by atoms with E-state index in [0.29, 0.717) is 10.0 Å². The molecule has 0 spiro atoms. The van der Waals surface area contributed by atoms with Crippen LogP contribution >= 0.6 is 15.9 Å². The third kappa shape index (κ3) is 6.01. The van der Waals surface area contributed by atoms with Gasteiger partial charge in [-0.2, -0.15) is 0 Å². The Kier molecular flexibility index (Phi) is 12.8. The van der Waals surface area contributed by atoms with Crippen molar-refractivity contribution >= 4 is 27.7 Å². The summed E-state index contributed by atoms with van der Waals surface area (Å²) in [6.07, 6.45) is 4.63. The number of nitrogens with zero attached hydrogens (tertiary/aromatic N) is 2. The largest absolute Gasteiger partial charge is 0.476 e. The number of ether oxygens (including phenoxy) is 1. The van der Waals surface area contributed by atoms with Gasteiger partial charge < -0.3 is 10.1 Å². The van der Waals surface area contributed by atoms with E-state index in [2.05, 4.69) is 26.2 Å². The molecule has 0 saturated carbocycles. The zero-order valence-electron chi connectivity index (χ0n) is 12.7. The molecular formula is C13H22BrN3O3. The predicted octanol–water partition coefficient (Wildman–Crippen LogP) is 4.00. The van der Waals surface area contributed by atoms with Crippen molar-refractivity contribution in [2.45, 2.75) is 27.7 Å². The molecule has 6 nitrogen and oxygen atoms in total. The van der Waals surface area contributed by atoms with E-state index in [9.17, 15) is 10.1 Å². The van der Waals surface area contributed by atoms with E-state index in [1.807, 2.05) is 27.7 Å². The van der Waals surface area contributed by atoms with Crippen LogP contribution in [0.25, 0.3) is 6.08 Å². The van der Waals surface area contributed by atoms with Crippen LogP contribution in [0, 0.1) is 10.1 Å². The van der Waals surface area contributed by atoms with Crippen LogP contribution in [-0.4, -0.2) is 24.1 Å². The molecule has 1 heterocycles. The molecule has 1 aromatic rings. The molecule has 0 fully saturated rings. The molecule has 0 aliphatic carbocycles. The zero-order valence-corrected chi connectivity index (χ0v) is 14.3. The van der Waals surface area contributed by atoms with E-state index < -0.39 is 4.92 Å². The van der Waals surface area contributed by atoms with E-state index in [1.54, 1.807) is 19.3 Å². The highest BCUT2D eigenvalue weighted by molar-refractivity contribution is 9.10. The second-order valence-corrected chi connectivity index (χ2v) is 3.61. The van der Waals surface area contributed by atoms with Crippen LogP contribution in [0.2, 0.25) is 0 Å². The van der Waals surface area contributed by atoms with Crippen molar-refractivity contribution in [3.63, 3.8) is 0 Å². The van der Waals surface area contributed by atoms with Gasteiger partial charge in [0.2, 0.25) is 0 Å². The number of halogens is 1. The molecule has 7 heteroatoms. The van der Waals surface area contributed by atoms with Crippen molar-refractivity contribution < 1.29 is 9.66 Å². The van der Waals surface area contributed by atoms with E-state index in [-0.39, 0.29) is 11.6 Å². The highest BCUT2D eigenvalue weighted by Crippen LogP contribution is 2.34. The second-order valence-electron chi connectivity index (χ2n) is 2.76. The lowest BCUT2D eigenvalue weighted by Gasteiger charge is -2.04. The Morgan fingerprint density at radius 1 is 1.40 bits per heavy atom. The van der Waals surface area contributed by atoms with Gasteiger partial charge in [-0.25, -0.2) is 4.98 Å². The minimum Gasteiger partial charge on any atom is -0.476 e. The van der Waals surface area contributed by atoms with E-state index >= 15 is 0 Å². The molecule has 1 aromatic heterocycles. The Balaban J connectivity index is 0. The van der Waals surface area contributed by atoms with Gasteiger partial charge in [0.1, 0.15) is 0 Å². The molecule has 1 N–H and O–H groups in total. The Bertz CT molecular complexity index is 437. The fourth-order valence-electron chi connectivity index (χ4n) is 1.13. The minimum absolute atomic E-state index is 0.0102. The maximum atomic E-state index is 10.9. The predicted molar refractivity (Wildman–Crippen MR) is 85.9 cm³/mol. The Morgan fingerprint density at radius 3 is 2.35 bits per heavy atom. The molecule has 0 aliphatic heterocycles. The maximum Gasteiger partial charge on any atom is 0.339 e. The standard InChI is InChI=1S/C9H10BrN3O3.2C2H6/c1-11-4-3-6-7(10)5-12-9(16-2)8(6)13(14)15;2*1-2/h3-5,11H,1-2H3;2*1-2H3/b4-3+;;. The number of hydrogen-bond donors (Lipinski definition) is 1. The molecule has 20 heavy (non-hydrogen) atoms. The molecule has 0 amide bonds. The summed E-state index contributed by atoms with van der Waals surface area (Å²) < 4.78 is 5.39. The summed E-state index contributed by atoms with van der Waals surface area (Å²) in [6.45, 7) is 8.00. The number of aromatic nitrogens is 1. The Labute approximate surface area is 128 Å². The van der Waals surface area contributed by atoms with Crippen molar-refractivity contribution in [1.29, 1.82) is 0 Å². The van der Waals surface area contributed by atoms with Gasteiger partial charge in [-0.05, 0) is 28.2 Å². The summed E-state index contributed by atoms with van der Waals surface area (Å²) in [5.41, 5.74) is 0.245. The second kappa shape index (κ2) is 12.4. The van der Waals surface area contributed by atoms with Crippen molar-refractivity contribution in [2.24, 2.45) is 0 Å². The molecular weight excluding hydrogens is 326 g/mol. The van der Waals surface area contributed by atoms with E-state index in [0.717, 1.165) is 0 Å². The average molecular weight is 348 g/mol. The molecule has 0 unspecified atom stereocenters. The first-order valence-electron chi connectivity index (χ1n) is 6.32. The number of pyridine rings is 1. The summed E-state index contributed by atoms with van der Waals surface area (Å²) in [5.74, 6) is -0.0102. The van der Waals surface area contributed by atoms with Gasteiger partial charge in [0.05, 0.1) is 22.1 Å². The molecule has 0 atom stereocenters. The van der Waals surface area contributed by atoms with Gasteiger partial charge in [0, 0.05) is 13.2 Å². The number of nitrogens with one attached hydrogen (secondary N) is 1. The van der Waals surface area contributed by atoms with Crippen molar-refractivity contribution in [3.8, 4) is 5.88 Å². The average Bonchev–Trinajstić information content (AvgIpc) is 2.49. The summed E-state index contributed by atoms with van der Waals surface area (Å²) >= 11 is 3.21. The van der Waals surface area contributed by atoms with Crippen LogP contribution in [0.4, 0.5) is 5.69 Å². The van der Waals surface area contributed by atoms with Crippen molar-refractivity contribution in [1.82, 2.24) is 10.3 Å². The number of hydrogen-bond acceptors (Lipinski definition) is 5. The SMILES string of the molecule is CC.CC.CN/C=C/c1c(Br)cnc(OC)c1[N+](=O)[O-]. The number of methoxy groups -OCH3 is 1. The first-order valence-corrected chi connectivity index (χ1v) is 7.11. The van der Waals surface area contributed by atoms with Crippen molar-refractivity contribution in [2.75, 3.05) is 14.2 Å². The first-order chi connectivity index (χ1) is 9.61.